The van der Waals surface area contributed by atoms with E-state index in [9.17, 15) is 0 Å². The fraction of sp³-hybridized carbons (Fsp3) is 1.00. The van der Waals surface area contributed by atoms with Crippen LogP contribution in [-0.4, -0.2) is 30.8 Å². The largest absolute Gasteiger partial charge is 0.366 e. The Bertz CT molecular complexity index is 134. The van der Waals surface area contributed by atoms with Gasteiger partial charge in [0.05, 0.1) is 0 Å². The molecule has 2 unspecified atom stereocenters. The monoisotopic (exact) mass is 171 g/mol. The van der Waals surface area contributed by atoms with Crippen molar-refractivity contribution in [3.05, 3.63) is 0 Å². The van der Waals surface area contributed by atoms with Gasteiger partial charge in [0.15, 0.2) is 0 Å². The Morgan fingerprint density at radius 2 is 2.17 bits per heavy atom. The lowest BCUT2D eigenvalue weighted by atomic mass is 10.1. The van der Waals surface area contributed by atoms with Gasteiger partial charge >= 0.3 is 0 Å². The normalized spacial score (nSPS) is 34.0. The van der Waals surface area contributed by atoms with Crippen molar-refractivity contribution in [2.24, 2.45) is 5.92 Å². The van der Waals surface area contributed by atoms with Gasteiger partial charge in [0.1, 0.15) is 6.23 Å². The highest BCUT2D eigenvalue weighted by atomic mass is 16.5. The average Bonchev–Trinajstić information content (AvgIpc) is 2.34. The molecular formula is C10H21NO. The van der Waals surface area contributed by atoms with Gasteiger partial charge in [0.25, 0.3) is 0 Å². The molecule has 0 aromatic carbocycles. The Morgan fingerprint density at radius 1 is 1.50 bits per heavy atom. The highest BCUT2D eigenvalue weighted by Gasteiger charge is 2.30. The molecular weight excluding hydrogens is 150 g/mol. The zero-order valence-corrected chi connectivity index (χ0v) is 8.71. The van der Waals surface area contributed by atoms with Gasteiger partial charge in [-0.25, -0.2) is 0 Å². The van der Waals surface area contributed by atoms with E-state index >= 15 is 0 Å². The van der Waals surface area contributed by atoms with E-state index in [1.54, 1.807) is 0 Å². The van der Waals surface area contributed by atoms with Crippen LogP contribution >= 0.6 is 0 Å². The summed E-state index contributed by atoms with van der Waals surface area (Å²) in [5, 5.41) is 0. The molecule has 2 heteroatoms. The lowest BCUT2D eigenvalue weighted by Gasteiger charge is -2.29. The Kier molecular flexibility index (Phi) is 3.53. The van der Waals surface area contributed by atoms with Crippen LogP contribution in [0, 0.1) is 5.92 Å². The highest BCUT2D eigenvalue weighted by molar-refractivity contribution is 4.81. The molecule has 0 N–H and O–H groups in total. The molecule has 1 fully saturated rings. The molecule has 2 nitrogen and oxygen atoms in total. The van der Waals surface area contributed by atoms with E-state index in [2.05, 4.69) is 25.7 Å². The van der Waals surface area contributed by atoms with Gasteiger partial charge in [0, 0.05) is 19.7 Å². The predicted molar refractivity (Wildman–Crippen MR) is 51.0 cm³/mol. The molecule has 1 rings (SSSR count). The number of hydrogen-bond acceptors (Lipinski definition) is 2. The number of hydrogen-bond donors (Lipinski definition) is 0. The molecule has 0 aliphatic carbocycles. The summed E-state index contributed by atoms with van der Waals surface area (Å²) in [5.74, 6) is 0.837. The number of rotatable bonds is 3. The number of ether oxygens (including phenoxy) is 1. The summed E-state index contributed by atoms with van der Waals surface area (Å²) >= 11 is 0. The smallest absolute Gasteiger partial charge is 0.110 e. The zero-order chi connectivity index (χ0) is 9.14. The van der Waals surface area contributed by atoms with Crippen molar-refractivity contribution in [1.29, 1.82) is 0 Å². The number of methoxy groups -OCH3 is 1. The molecule has 1 aliphatic rings. The summed E-state index contributed by atoms with van der Waals surface area (Å²) in [4.78, 5) is 2.48. The van der Waals surface area contributed by atoms with Gasteiger partial charge in [-0.05, 0) is 25.7 Å². The predicted octanol–water partition coefficient (Wildman–Crippen LogP) is 2.10. The van der Waals surface area contributed by atoms with E-state index < -0.39 is 0 Å². The van der Waals surface area contributed by atoms with E-state index in [-0.39, 0.29) is 0 Å². The molecule has 1 aliphatic heterocycles. The fourth-order valence-electron chi connectivity index (χ4n) is 2.27. The molecule has 0 saturated carbocycles. The molecule has 0 aromatic rings. The molecule has 0 aromatic heterocycles. The molecule has 0 spiro atoms. The van der Waals surface area contributed by atoms with Crippen molar-refractivity contribution in [3.8, 4) is 0 Å². The first-order valence-electron chi connectivity index (χ1n) is 4.97. The van der Waals surface area contributed by atoms with Crippen LogP contribution in [0.15, 0.2) is 0 Å². The van der Waals surface area contributed by atoms with E-state index in [1.807, 2.05) is 7.11 Å². The maximum absolute atomic E-state index is 5.43. The molecule has 1 saturated heterocycles. The molecule has 0 amide bonds. The summed E-state index contributed by atoms with van der Waals surface area (Å²) in [5.41, 5.74) is 0. The second-order valence-electron chi connectivity index (χ2n) is 3.99. The topological polar surface area (TPSA) is 12.5 Å². The lowest BCUT2D eigenvalue weighted by molar-refractivity contribution is -0.0393. The third kappa shape index (κ3) is 1.99. The summed E-state index contributed by atoms with van der Waals surface area (Å²) in [6, 6.07) is 0.699. The van der Waals surface area contributed by atoms with Crippen LogP contribution in [0.2, 0.25) is 0 Å². The second kappa shape index (κ2) is 4.24. The third-order valence-electron chi connectivity index (χ3n) is 2.82. The van der Waals surface area contributed by atoms with Gasteiger partial charge in [0.2, 0.25) is 0 Å². The van der Waals surface area contributed by atoms with Gasteiger partial charge in [-0.1, -0.05) is 13.8 Å². The fourth-order valence-corrected chi connectivity index (χ4v) is 2.27. The third-order valence-corrected chi connectivity index (χ3v) is 2.82. The van der Waals surface area contributed by atoms with E-state index in [0.717, 1.165) is 12.3 Å². The lowest BCUT2D eigenvalue weighted by Crippen LogP contribution is -2.38. The van der Waals surface area contributed by atoms with Crippen molar-refractivity contribution in [2.75, 3.05) is 13.7 Å². The van der Waals surface area contributed by atoms with Crippen molar-refractivity contribution < 1.29 is 4.74 Å². The summed E-state index contributed by atoms with van der Waals surface area (Å²) in [6.45, 7) is 8.00. The first kappa shape index (κ1) is 10.0. The van der Waals surface area contributed by atoms with Crippen molar-refractivity contribution in [3.63, 3.8) is 0 Å². The van der Waals surface area contributed by atoms with Crippen LogP contribution in [0.5, 0.6) is 0 Å². The van der Waals surface area contributed by atoms with E-state index in [0.29, 0.717) is 12.3 Å². The maximum Gasteiger partial charge on any atom is 0.110 e. The first-order chi connectivity index (χ1) is 5.69. The average molecular weight is 171 g/mol. The van der Waals surface area contributed by atoms with E-state index in [1.165, 1.54) is 13.0 Å². The molecule has 72 valence electrons. The summed E-state index contributed by atoms with van der Waals surface area (Å²) in [6.07, 6.45) is 2.75. The standard InChI is InChI=1S/C10H21NO/c1-5-10(12-4)11-7-8(2)6-9(11)3/h8-10H,5-7H2,1-4H3/t8?,9-,10?/m1/s1. The van der Waals surface area contributed by atoms with Crippen molar-refractivity contribution >= 4 is 0 Å². The molecule has 0 radical (unpaired) electrons. The molecule has 3 atom stereocenters. The van der Waals surface area contributed by atoms with Crippen molar-refractivity contribution in [2.45, 2.75) is 45.9 Å². The van der Waals surface area contributed by atoms with Gasteiger partial charge < -0.3 is 4.74 Å². The Morgan fingerprint density at radius 3 is 2.50 bits per heavy atom. The minimum Gasteiger partial charge on any atom is -0.366 e. The Labute approximate surface area is 75.9 Å². The van der Waals surface area contributed by atoms with Crippen LogP contribution < -0.4 is 0 Å². The molecule has 12 heavy (non-hydrogen) atoms. The zero-order valence-electron chi connectivity index (χ0n) is 8.71. The summed E-state index contributed by atoms with van der Waals surface area (Å²) < 4.78 is 5.43. The molecule has 0 bridgehead atoms. The maximum atomic E-state index is 5.43. The summed E-state index contributed by atoms with van der Waals surface area (Å²) in [7, 11) is 1.81. The van der Waals surface area contributed by atoms with Gasteiger partial charge in [-0.15, -0.1) is 0 Å². The second-order valence-corrected chi connectivity index (χ2v) is 3.99. The van der Waals surface area contributed by atoms with Crippen LogP contribution in [0.4, 0.5) is 0 Å². The first-order valence-corrected chi connectivity index (χ1v) is 4.97. The van der Waals surface area contributed by atoms with Gasteiger partial charge in [-0.2, -0.15) is 0 Å². The van der Waals surface area contributed by atoms with Crippen LogP contribution in [0.25, 0.3) is 0 Å². The van der Waals surface area contributed by atoms with Crippen LogP contribution in [0.1, 0.15) is 33.6 Å². The molecule has 1 heterocycles. The minimum absolute atomic E-state index is 0.338. The quantitative estimate of drug-likeness (QED) is 0.644. The van der Waals surface area contributed by atoms with Crippen LogP contribution in [-0.2, 0) is 4.74 Å². The van der Waals surface area contributed by atoms with Crippen molar-refractivity contribution in [1.82, 2.24) is 4.90 Å². The van der Waals surface area contributed by atoms with Gasteiger partial charge in [-0.3, -0.25) is 4.90 Å². The minimum atomic E-state index is 0.338. The Hall–Kier alpha value is -0.0800. The Balaban J connectivity index is 2.50. The number of likely N-dealkylation sites (tertiary alicyclic amines) is 1. The number of nitrogens with zero attached hydrogens (tertiary/aromatic N) is 1. The van der Waals surface area contributed by atoms with Crippen LogP contribution in [0.3, 0.4) is 0 Å². The van der Waals surface area contributed by atoms with E-state index in [4.69, 9.17) is 4.74 Å². The SMILES string of the molecule is CCC(OC)N1CC(C)C[C@H]1C. The highest BCUT2D eigenvalue weighted by Crippen LogP contribution is 2.25.